The first-order chi connectivity index (χ1) is 9.13. The van der Waals surface area contributed by atoms with E-state index in [-0.39, 0.29) is 17.2 Å². The van der Waals surface area contributed by atoms with E-state index in [1.54, 1.807) is 0 Å². The molecule has 108 valence electrons. The lowest BCUT2D eigenvalue weighted by Gasteiger charge is -2.29. The van der Waals surface area contributed by atoms with Crippen LogP contribution in [0.1, 0.15) is 26.7 Å². The van der Waals surface area contributed by atoms with Crippen molar-refractivity contribution < 1.29 is 9.18 Å². The minimum absolute atomic E-state index is 0.151. The number of likely N-dealkylation sites (tertiary alicyclic amines) is 1. The van der Waals surface area contributed by atoms with Crippen LogP contribution in [0, 0.1) is 5.13 Å². The number of hydrogen-bond donors (Lipinski definition) is 2. The minimum atomic E-state index is -0.405. The number of halogens is 1. The summed E-state index contributed by atoms with van der Waals surface area (Å²) < 4.78 is 12.7. The standard InChI is InChI=1S/C10H15FN4OS.C2H6/c1-15-4-2-3-7(6-15)13-9(16)14-10-12-5-8(11)17-10;1-2/h5,7H,2-4,6H2,1H3,(H2,12,13,14,16);1-2H3/t7-;/m1./s1. The summed E-state index contributed by atoms with van der Waals surface area (Å²) in [5, 5.41) is 5.26. The van der Waals surface area contributed by atoms with Gasteiger partial charge in [-0.05, 0) is 26.4 Å². The van der Waals surface area contributed by atoms with Crippen LogP contribution in [0.25, 0.3) is 0 Å². The fourth-order valence-electron chi connectivity index (χ4n) is 1.92. The number of piperidine rings is 1. The van der Waals surface area contributed by atoms with E-state index < -0.39 is 5.13 Å². The number of urea groups is 1. The van der Waals surface area contributed by atoms with E-state index >= 15 is 0 Å². The highest BCUT2D eigenvalue weighted by Crippen LogP contribution is 2.15. The second-order valence-electron chi connectivity index (χ2n) is 4.17. The van der Waals surface area contributed by atoms with Crippen molar-refractivity contribution in [2.24, 2.45) is 0 Å². The average Bonchev–Trinajstić information content (AvgIpc) is 2.77. The Labute approximate surface area is 117 Å². The highest BCUT2D eigenvalue weighted by atomic mass is 32.1. The van der Waals surface area contributed by atoms with Crippen LogP contribution in [0.2, 0.25) is 0 Å². The number of carbonyl (C=O) groups excluding carboxylic acids is 1. The number of thiazole rings is 1. The molecule has 0 saturated carbocycles. The van der Waals surface area contributed by atoms with Gasteiger partial charge in [0, 0.05) is 12.6 Å². The smallest absolute Gasteiger partial charge is 0.321 e. The van der Waals surface area contributed by atoms with E-state index in [1.165, 1.54) is 0 Å². The molecule has 2 N–H and O–H groups in total. The predicted molar refractivity (Wildman–Crippen MR) is 76.1 cm³/mol. The van der Waals surface area contributed by atoms with Crippen LogP contribution < -0.4 is 10.6 Å². The third kappa shape index (κ3) is 5.52. The lowest BCUT2D eigenvalue weighted by Crippen LogP contribution is -2.47. The Hall–Kier alpha value is -1.21. The van der Waals surface area contributed by atoms with E-state index in [4.69, 9.17) is 0 Å². The summed E-state index contributed by atoms with van der Waals surface area (Å²) in [7, 11) is 2.03. The Balaban J connectivity index is 0.000000861. The maximum Gasteiger partial charge on any atom is 0.321 e. The minimum Gasteiger partial charge on any atom is -0.334 e. The van der Waals surface area contributed by atoms with Gasteiger partial charge in [-0.3, -0.25) is 5.32 Å². The van der Waals surface area contributed by atoms with E-state index in [0.717, 1.165) is 43.5 Å². The maximum atomic E-state index is 12.7. The molecule has 1 aromatic rings. The number of rotatable bonds is 2. The molecule has 1 aliphatic heterocycles. The van der Waals surface area contributed by atoms with Crippen molar-refractivity contribution in [3.05, 3.63) is 11.3 Å². The monoisotopic (exact) mass is 288 g/mol. The zero-order valence-corrected chi connectivity index (χ0v) is 12.4. The molecule has 0 spiro atoms. The van der Waals surface area contributed by atoms with Crippen molar-refractivity contribution in [2.75, 3.05) is 25.5 Å². The molecule has 1 saturated heterocycles. The number of likely N-dealkylation sites (N-methyl/N-ethyl adjacent to an activating group) is 1. The second-order valence-corrected chi connectivity index (χ2v) is 5.15. The summed E-state index contributed by atoms with van der Waals surface area (Å²) in [6, 6.07) is -0.168. The summed E-state index contributed by atoms with van der Waals surface area (Å²) in [4.78, 5) is 17.5. The zero-order valence-electron chi connectivity index (χ0n) is 11.6. The van der Waals surface area contributed by atoms with Gasteiger partial charge in [0.15, 0.2) is 10.3 Å². The van der Waals surface area contributed by atoms with Gasteiger partial charge in [0.2, 0.25) is 0 Å². The Kier molecular flexibility index (Phi) is 6.72. The number of hydrogen-bond acceptors (Lipinski definition) is 4. The van der Waals surface area contributed by atoms with E-state index in [1.807, 2.05) is 20.9 Å². The Morgan fingerprint density at radius 3 is 2.89 bits per heavy atom. The second kappa shape index (κ2) is 8.06. The fourth-order valence-corrected chi connectivity index (χ4v) is 2.45. The molecule has 1 aromatic heterocycles. The quantitative estimate of drug-likeness (QED) is 0.879. The molecule has 0 unspecified atom stereocenters. The van der Waals surface area contributed by atoms with Crippen molar-refractivity contribution in [2.45, 2.75) is 32.7 Å². The number of aromatic nitrogens is 1. The van der Waals surface area contributed by atoms with Crippen LogP contribution in [0.3, 0.4) is 0 Å². The van der Waals surface area contributed by atoms with Crippen LogP contribution in [0.4, 0.5) is 14.3 Å². The summed E-state index contributed by atoms with van der Waals surface area (Å²) >= 11 is 0.818. The van der Waals surface area contributed by atoms with Gasteiger partial charge in [-0.2, -0.15) is 4.39 Å². The van der Waals surface area contributed by atoms with Gasteiger partial charge in [-0.25, -0.2) is 9.78 Å². The van der Waals surface area contributed by atoms with E-state index in [2.05, 4.69) is 20.5 Å². The zero-order chi connectivity index (χ0) is 14.3. The van der Waals surface area contributed by atoms with Crippen molar-refractivity contribution in [3.63, 3.8) is 0 Å². The number of nitrogens with zero attached hydrogens (tertiary/aromatic N) is 2. The molecule has 0 aromatic carbocycles. The number of nitrogens with one attached hydrogen (secondary N) is 2. The van der Waals surface area contributed by atoms with Crippen LogP contribution in [-0.2, 0) is 0 Å². The van der Waals surface area contributed by atoms with Gasteiger partial charge in [0.1, 0.15) is 0 Å². The molecular weight excluding hydrogens is 267 g/mol. The lowest BCUT2D eigenvalue weighted by molar-refractivity contribution is 0.216. The molecule has 19 heavy (non-hydrogen) atoms. The van der Waals surface area contributed by atoms with Gasteiger partial charge in [0.25, 0.3) is 0 Å². The Morgan fingerprint density at radius 1 is 1.58 bits per heavy atom. The Morgan fingerprint density at radius 2 is 2.32 bits per heavy atom. The first-order valence-corrected chi connectivity index (χ1v) is 7.32. The summed E-state index contributed by atoms with van der Waals surface area (Å²) in [6.07, 6.45) is 3.14. The van der Waals surface area contributed by atoms with E-state index in [0.29, 0.717) is 0 Å². The SMILES string of the molecule is CC.CN1CCC[C@@H](NC(=O)Nc2ncc(F)s2)C1. The summed E-state index contributed by atoms with van der Waals surface area (Å²) in [5.74, 6) is 0. The molecule has 0 aliphatic carbocycles. The molecule has 5 nitrogen and oxygen atoms in total. The normalized spacial score (nSPS) is 19.3. The van der Waals surface area contributed by atoms with E-state index in [9.17, 15) is 9.18 Å². The number of anilines is 1. The van der Waals surface area contributed by atoms with Crippen molar-refractivity contribution in [1.29, 1.82) is 0 Å². The van der Waals surface area contributed by atoms with Gasteiger partial charge in [-0.15, -0.1) is 0 Å². The maximum absolute atomic E-state index is 12.7. The van der Waals surface area contributed by atoms with Gasteiger partial charge in [-0.1, -0.05) is 25.2 Å². The Bertz CT molecular complexity index is 399. The average molecular weight is 288 g/mol. The van der Waals surface area contributed by atoms with Crippen LogP contribution in [0.5, 0.6) is 0 Å². The highest BCUT2D eigenvalue weighted by Gasteiger charge is 2.19. The topological polar surface area (TPSA) is 57.3 Å². The molecule has 7 heteroatoms. The molecule has 0 bridgehead atoms. The van der Waals surface area contributed by atoms with Crippen LogP contribution in [0.15, 0.2) is 6.20 Å². The molecule has 2 rings (SSSR count). The largest absolute Gasteiger partial charge is 0.334 e. The van der Waals surface area contributed by atoms with Crippen molar-refractivity contribution >= 4 is 22.5 Å². The summed E-state index contributed by atoms with van der Waals surface area (Å²) in [6.45, 7) is 5.91. The molecule has 2 amide bonds. The summed E-state index contributed by atoms with van der Waals surface area (Å²) in [5.41, 5.74) is 0. The number of amides is 2. The highest BCUT2D eigenvalue weighted by molar-refractivity contribution is 7.14. The fraction of sp³-hybridized carbons (Fsp3) is 0.667. The third-order valence-corrected chi connectivity index (χ3v) is 3.36. The van der Waals surface area contributed by atoms with Gasteiger partial charge in [0.05, 0.1) is 6.20 Å². The molecule has 0 radical (unpaired) electrons. The molecule has 2 heterocycles. The first-order valence-electron chi connectivity index (χ1n) is 6.51. The van der Waals surface area contributed by atoms with Crippen LogP contribution in [-0.4, -0.2) is 42.1 Å². The molecule has 1 fully saturated rings. The van der Waals surface area contributed by atoms with Crippen molar-refractivity contribution in [1.82, 2.24) is 15.2 Å². The predicted octanol–water partition coefficient (Wildman–Crippen LogP) is 2.52. The third-order valence-electron chi connectivity index (χ3n) is 2.66. The van der Waals surface area contributed by atoms with Gasteiger partial charge < -0.3 is 10.2 Å². The number of carbonyl (C=O) groups is 1. The first kappa shape index (κ1) is 15.8. The van der Waals surface area contributed by atoms with Crippen LogP contribution >= 0.6 is 11.3 Å². The van der Waals surface area contributed by atoms with Gasteiger partial charge >= 0.3 is 6.03 Å². The molecule has 1 aliphatic rings. The molecule has 1 atom stereocenters. The molecular formula is C12H21FN4OS. The lowest BCUT2D eigenvalue weighted by atomic mass is 10.1. The van der Waals surface area contributed by atoms with Crippen molar-refractivity contribution in [3.8, 4) is 0 Å².